The fourth-order valence-electron chi connectivity index (χ4n) is 5.43. The van der Waals surface area contributed by atoms with Crippen LogP contribution in [0.15, 0.2) is 59.1 Å². The Kier molecular flexibility index (Phi) is 7.11. The van der Waals surface area contributed by atoms with Crippen LogP contribution in [0.5, 0.6) is 5.75 Å². The first-order valence-corrected chi connectivity index (χ1v) is 13.5. The lowest BCUT2D eigenvalue weighted by Gasteiger charge is -2.24. The smallest absolute Gasteiger partial charge is 0.254 e. The van der Waals surface area contributed by atoms with Crippen LogP contribution in [0.3, 0.4) is 0 Å². The highest BCUT2D eigenvalue weighted by Crippen LogP contribution is 2.38. The number of fused-ring (bicyclic) bond motifs is 1. The maximum atomic E-state index is 12.9. The van der Waals surface area contributed by atoms with Crippen molar-refractivity contribution in [3.63, 3.8) is 0 Å². The molecule has 2 aliphatic heterocycles. The number of benzene rings is 2. The number of nitrogens with zero attached hydrogens (tertiary/aromatic N) is 3. The number of hydrogen-bond acceptors (Lipinski definition) is 8. The monoisotopic (exact) mass is 538 g/mol. The van der Waals surface area contributed by atoms with E-state index in [1.165, 1.54) is 0 Å². The van der Waals surface area contributed by atoms with Gasteiger partial charge in [-0.15, -0.1) is 0 Å². The first-order chi connectivity index (χ1) is 19.5. The number of rotatable bonds is 6. The SMILES string of the molecule is COc1cc(C(=O)N2CC[C@H](O)C2)ccc1-c1cc2nccc(-c3ccc(NC4CCOCC4)c(C#N)c3)c2o1. The predicted molar refractivity (Wildman–Crippen MR) is 150 cm³/mol. The zero-order valence-corrected chi connectivity index (χ0v) is 22.2. The fourth-order valence-corrected chi connectivity index (χ4v) is 5.43. The Morgan fingerprint density at radius 1 is 1.12 bits per heavy atom. The van der Waals surface area contributed by atoms with Crippen molar-refractivity contribution in [2.75, 3.05) is 38.7 Å². The summed E-state index contributed by atoms with van der Waals surface area (Å²) < 4.78 is 17.4. The number of anilines is 1. The number of aromatic nitrogens is 1. The average Bonchev–Trinajstić information content (AvgIpc) is 3.63. The number of β-amino-alcohol motifs (C(OH)–C–C–N with tert-alkyl or cyclic N) is 1. The number of ether oxygens (including phenoxy) is 2. The van der Waals surface area contributed by atoms with E-state index in [2.05, 4.69) is 16.4 Å². The Morgan fingerprint density at radius 3 is 2.73 bits per heavy atom. The van der Waals surface area contributed by atoms with E-state index >= 15 is 0 Å². The molecule has 1 amide bonds. The van der Waals surface area contributed by atoms with Gasteiger partial charge in [-0.1, -0.05) is 6.07 Å². The maximum absolute atomic E-state index is 12.9. The highest BCUT2D eigenvalue weighted by Gasteiger charge is 2.26. The van der Waals surface area contributed by atoms with Crippen LogP contribution >= 0.6 is 0 Å². The predicted octanol–water partition coefficient (Wildman–Crippen LogP) is 4.84. The number of amides is 1. The Bertz CT molecular complexity index is 1600. The molecule has 9 nitrogen and oxygen atoms in total. The van der Waals surface area contributed by atoms with E-state index in [0.717, 1.165) is 42.9 Å². The van der Waals surface area contributed by atoms with Gasteiger partial charge in [0.1, 0.15) is 23.1 Å². The number of hydrogen-bond donors (Lipinski definition) is 2. The average molecular weight is 539 g/mol. The molecule has 0 bridgehead atoms. The van der Waals surface area contributed by atoms with E-state index in [4.69, 9.17) is 13.9 Å². The van der Waals surface area contributed by atoms with E-state index in [0.29, 0.717) is 58.8 Å². The topological polar surface area (TPSA) is 121 Å². The molecule has 2 fully saturated rings. The molecule has 204 valence electrons. The standard InChI is InChI=1S/C31H30N4O5/c1-38-28-15-20(31(37)35-11-7-23(36)18-35)2-4-25(28)29-16-27-30(40-29)24(6-10-33-27)19-3-5-26(21(14-19)17-32)34-22-8-12-39-13-9-22/h2-6,10,14-16,22-23,34,36H,7-9,11-13,18H2,1H3/t23-/m0/s1. The number of aliphatic hydroxyl groups is 1. The quantitative estimate of drug-likeness (QED) is 0.358. The summed E-state index contributed by atoms with van der Waals surface area (Å²) in [4.78, 5) is 19.1. The van der Waals surface area contributed by atoms with Crippen molar-refractivity contribution in [3.05, 3.63) is 65.9 Å². The number of nitriles is 1. The summed E-state index contributed by atoms with van der Waals surface area (Å²) in [6, 6.07) is 17.4. The second-order valence-corrected chi connectivity index (χ2v) is 10.2. The molecule has 2 aromatic heterocycles. The number of carbonyl (C=O) groups is 1. The minimum Gasteiger partial charge on any atom is -0.496 e. The minimum atomic E-state index is -0.481. The molecule has 1 atom stereocenters. The van der Waals surface area contributed by atoms with E-state index in [-0.39, 0.29) is 11.9 Å². The summed E-state index contributed by atoms with van der Waals surface area (Å²) in [7, 11) is 1.55. The number of nitrogens with one attached hydrogen (secondary N) is 1. The molecule has 2 aromatic carbocycles. The Balaban J connectivity index is 1.31. The summed E-state index contributed by atoms with van der Waals surface area (Å²) in [5, 5.41) is 23.2. The zero-order chi connectivity index (χ0) is 27.6. The summed E-state index contributed by atoms with van der Waals surface area (Å²) in [6.07, 6.45) is 3.64. The van der Waals surface area contributed by atoms with Crippen molar-refractivity contribution in [2.24, 2.45) is 0 Å². The number of carbonyl (C=O) groups excluding carboxylic acids is 1. The van der Waals surface area contributed by atoms with Crippen molar-refractivity contribution in [1.82, 2.24) is 9.88 Å². The molecule has 0 saturated carbocycles. The molecule has 2 N–H and O–H groups in total. The van der Waals surface area contributed by atoms with Gasteiger partial charge in [0.25, 0.3) is 5.91 Å². The Morgan fingerprint density at radius 2 is 1.98 bits per heavy atom. The summed E-state index contributed by atoms with van der Waals surface area (Å²) in [6.45, 7) is 2.31. The largest absolute Gasteiger partial charge is 0.496 e. The molecule has 4 heterocycles. The van der Waals surface area contributed by atoms with Crippen LogP contribution < -0.4 is 10.1 Å². The third kappa shape index (κ3) is 4.99. The Labute approximate surface area is 231 Å². The number of likely N-dealkylation sites (tertiary alicyclic amines) is 1. The van der Waals surface area contributed by atoms with Crippen molar-refractivity contribution in [1.29, 1.82) is 5.26 Å². The molecule has 4 aromatic rings. The fraction of sp³-hybridized carbons (Fsp3) is 0.323. The van der Waals surface area contributed by atoms with E-state index in [1.54, 1.807) is 36.4 Å². The number of methoxy groups -OCH3 is 1. The summed E-state index contributed by atoms with van der Waals surface area (Å²) >= 11 is 0. The van der Waals surface area contributed by atoms with Gasteiger partial charge in [-0.2, -0.15) is 5.26 Å². The molecule has 0 radical (unpaired) electrons. The molecular weight excluding hydrogens is 508 g/mol. The molecule has 2 saturated heterocycles. The van der Waals surface area contributed by atoms with E-state index in [9.17, 15) is 15.2 Å². The summed E-state index contributed by atoms with van der Waals surface area (Å²) in [5.74, 6) is 0.917. The van der Waals surface area contributed by atoms with Crippen molar-refractivity contribution >= 4 is 22.7 Å². The first-order valence-electron chi connectivity index (χ1n) is 13.5. The van der Waals surface area contributed by atoms with Gasteiger partial charge >= 0.3 is 0 Å². The normalized spacial score (nSPS) is 17.6. The van der Waals surface area contributed by atoms with Gasteiger partial charge in [0.2, 0.25) is 0 Å². The molecule has 0 spiro atoms. The summed E-state index contributed by atoms with van der Waals surface area (Å²) in [5.41, 5.74) is 5.50. The first kappa shape index (κ1) is 25.9. The van der Waals surface area contributed by atoms with Gasteiger partial charge < -0.3 is 29.2 Å². The Hall–Kier alpha value is -4.39. The van der Waals surface area contributed by atoms with Gasteiger partial charge in [-0.25, -0.2) is 0 Å². The molecule has 6 rings (SSSR count). The number of aliphatic hydroxyl groups excluding tert-OH is 1. The maximum Gasteiger partial charge on any atom is 0.254 e. The third-order valence-corrected chi connectivity index (χ3v) is 7.61. The molecule has 2 aliphatic rings. The lowest BCUT2D eigenvalue weighted by Crippen LogP contribution is -2.29. The second kappa shape index (κ2) is 11.0. The lowest BCUT2D eigenvalue weighted by molar-refractivity contribution is 0.0764. The zero-order valence-electron chi connectivity index (χ0n) is 22.2. The molecule has 0 aliphatic carbocycles. The lowest BCUT2D eigenvalue weighted by atomic mass is 10.0. The third-order valence-electron chi connectivity index (χ3n) is 7.61. The molecular formula is C31H30N4O5. The molecule has 40 heavy (non-hydrogen) atoms. The van der Waals surface area contributed by atoms with Crippen LogP contribution in [0.25, 0.3) is 33.6 Å². The van der Waals surface area contributed by atoms with Crippen molar-refractivity contribution in [2.45, 2.75) is 31.4 Å². The van der Waals surface area contributed by atoms with Crippen LogP contribution in [0.1, 0.15) is 35.2 Å². The van der Waals surface area contributed by atoms with Gasteiger partial charge in [0.05, 0.1) is 30.0 Å². The second-order valence-electron chi connectivity index (χ2n) is 10.2. The van der Waals surface area contributed by atoms with Crippen LogP contribution in [0.2, 0.25) is 0 Å². The van der Waals surface area contributed by atoms with Crippen LogP contribution in [-0.2, 0) is 4.74 Å². The van der Waals surface area contributed by atoms with Crippen molar-refractivity contribution in [3.8, 4) is 34.3 Å². The molecule has 9 heteroatoms. The highest BCUT2D eigenvalue weighted by molar-refractivity contribution is 5.97. The number of furan rings is 1. The minimum absolute atomic E-state index is 0.141. The van der Waals surface area contributed by atoms with Gasteiger partial charge in [0.15, 0.2) is 5.58 Å². The van der Waals surface area contributed by atoms with Crippen molar-refractivity contribution < 1.29 is 23.8 Å². The van der Waals surface area contributed by atoms with Gasteiger partial charge in [0, 0.05) is 55.7 Å². The number of pyridine rings is 1. The van der Waals surface area contributed by atoms with Gasteiger partial charge in [-0.3, -0.25) is 9.78 Å². The molecule has 0 unspecified atom stereocenters. The van der Waals surface area contributed by atoms with Gasteiger partial charge in [-0.05, 0) is 61.2 Å². The van der Waals surface area contributed by atoms with E-state index < -0.39 is 6.10 Å². The van der Waals surface area contributed by atoms with Crippen LogP contribution in [0.4, 0.5) is 5.69 Å². The highest BCUT2D eigenvalue weighted by atomic mass is 16.5. The van der Waals surface area contributed by atoms with E-state index in [1.807, 2.05) is 30.3 Å². The van der Waals surface area contributed by atoms with Crippen LogP contribution in [0, 0.1) is 11.3 Å². The van der Waals surface area contributed by atoms with Crippen LogP contribution in [-0.4, -0.2) is 66.5 Å².